The molecule has 0 aromatic heterocycles. The second-order valence-electron chi connectivity index (χ2n) is 9.02. The third-order valence-corrected chi connectivity index (χ3v) is 6.00. The number of nitrogens with one attached hydrogen (secondary N) is 2. The van der Waals surface area contributed by atoms with E-state index in [2.05, 4.69) is 10.6 Å². The Balaban J connectivity index is 1.65. The Labute approximate surface area is 233 Å². The van der Waals surface area contributed by atoms with E-state index in [0.29, 0.717) is 29.2 Å². The molecular weight excluding hydrogens is 512 g/mol. The van der Waals surface area contributed by atoms with E-state index >= 15 is 0 Å². The maximum Gasteiger partial charge on any atom is 0.319 e. The number of amides is 4. The van der Waals surface area contributed by atoms with Gasteiger partial charge in [-0.2, -0.15) is 0 Å². The Morgan fingerprint density at radius 1 is 0.900 bits per heavy atom. The molecule has 10 nitrogen and oxygen atoms in total. The van der Waals surface area contributed by atoms with Crippen molar-refractivity contribution < 1.29 is 29.0 Å². The van der Waals surface area contributed by atoms with Gasteiger partial charge >= 0.3 is 12.0 Å². The van der Waals surface area contributed by atoms with Crippen molar-refractivity contribution in [3.63, 3.8) is 0 Å². The number of hydrogen-bond acceptors (Lipinski definition) is 5. The summed E-state index contributed by atoms with van der Waals surface area (Å²) in [6.07, 6.45) is 1.39. The molecular formula is C30H34N4O6. The number of carboxylic acid groups (broad SMARTS) is 1. The van der Waals surface area contributed by atoms with Gasteiger partial charge in [0, 0.05) is 25.0 Å². The van der Waals surface area contributed by atoms with Crippen molar-refractivity contribution in [1.29, 1.82) is 0 Å². The maximum absolute atomic E-state index is 13.3. The van der Waals surface area contributed by atoms with Crippen LogP contribution < -0.4 is 25.2 Å². The van der Waals surface area contributed by atoms with E-state index in [1.807, 2.05) is 37.3 Å². The van der Waals surface area contributed by atoms with Crippen LogP contribution in [0.15, 0.2) is 78.9 Å². The number of nitrogens with zero attached hydrogens (tertiary/aromatic N) is 2. The lowest BCUT2D eigenvalue weighted by Crippen LogP contribution is -2.42. The van der Waals surface area contributed by atoms with Crippen LogP contribution >= 0.6 is 0 Å². The second kappa shape index (κ2) is 14.9. The zero-order valence-electron chi connectivity index (χ0n) is 22.6. The Kier molecular flexibility index (Phi) is 11.1. The molecule has 40 heavy (non-hydrogen) atoms. The zero-order chi connectivity index (χ0) is 28.9. The van der Waals surface area contributed by atoms with E-state index in [0.717, 1.165) is 18.5 Å². The number of para-hydroxylation sites is 3. The number of hydrogen-bond donors (Lipinski definition) is 3. The predicted octanol–water partition coefficient (Wildman–Crippen LogP) is 4.31. The molecule has 0 saturated heterocycles. The lowest BCUT2D eigenvalue weighted by atomic mass is 10.1. The van der Waals surface area contributed by atoms with Crippen molar-refractivity contribution in [3.05, 3.63) is 84.4 Å². The summed E-state index contributed by atoms with van der Waals surface area (Å²) < 4.78 is 5.87. The number of unbranched alkanes of at least 4 members (excludes halogenated alkanes) is 1. The maximum atomic E-state index is 13.3. The molecule has 0 fully saturated rings. The van der Waals surface area contributed by atoms with Gasteiger partial charge in [0.15, 0.2) is 6.61 Å². The van der Waals surface area contributed by atoms with E-state index in [9.17, 15) is 19.2 Å². The first kappa shape index (κ1) is 29.7. The molecule has 0 aliphatic rings. The van der Waals surface area contributed by atoms with Gasteiger partial charge in [-0.05, 0) is 48.4 Å². The van der Waals surface area contributed by atoms with Crippen LogP contribution in [0.25, 0.3) is 0 Å². The summed E-state index contributed by atoms with van der Waals surface area (Å²) in [5.41, 5.74) is 2.19. The molecule has 0 radical (unpaired) electrons. The molecule has 0 aliphatic carbocycles. The summed E-state index contributed by atoms with van der Waals surface area (Å²) in [5, 5.41) is 14.2. The van der Waals surface area contributed by atoms with E-state index in [1.165, 1.54) is 9.80 Å². The molecule has 210 valence electrons. The first-order valence-electron chi connectivity index (χ1n) is 13.0. The number of urea groups is 1. The number of carboxylic acids is 1. The van der Waals surface area contributed by atoms with Crippen LogP contribution in [0.5, 0.6) is 5.75 Å². The minimum Gasteiger partial charge on any atom is -0.482 e. The molecule has 0 spiro atoms. The van der Waals surface area contributed by atoms with E-state index in [1.54, 1.807) is 55.6 Å². The molecule has 0 aliphatic heterocycles. The highest BCUT2D eigenvalue weighted by Crippen LogP contribution is 2.29. The minimum absolute atomic E-state index is 0.169. The van der Waals surface area contributed by atoms with Crippen LogP contribution in [-0.4, -0.2) is 55.7 Å². The Bertz CT molecular complexity index is 1310. The summed E-state index contributed by atoms with van der Waals surface area (Å²) in [7, 11) is 1.67. The first-order chi connectivity index (χ1) is 19.3. The van der Waals surface area contributed by atoms with Crippen molar-refractivity contribution in [2.24, 2.45) is 0 Å². The van der Waals surface area contributed by atoms with Gasteiger partial charge in [-0.15, -0.1) is 0 Å². The van der Waals surface area contributed by atoms with Crippen molar-refractivity contribution in [2.45, 2.75) is 26.2 Å². The summed E-state index contributed by atoms with van der Waals surface area (Å²) in [4.78, 5) is 52.5. The smallest absolute Gasteiger partial charge is 0.319 e. The number of ether oxygens (including phenoxy) is 1. The van der Waals surface area contributed by atoms with Crippen molar-refractivity contribution >= 4 is 40.9 Å². The van der Waals surface area contributed by atoms with Crippen LogP contribution in [-0.2, 0) is 20.8 Å². The van der Waals surface area contributed by atoms with Crippen LogP contribution in [0, 0.1) is 0 Å². The monoisotopic (exact) mass is 546 g/mol. The Morgan fingerprint density at radius 2 is 1.62 bits per heavy atom. The summed E-state index contributed by atoms with van der Waals surface area (Å²) >= 11 is 0. The number of aliphatic carboxylic acids is 1. The fourth-order valence-corrected chi connectivity index (χ4v) is 3.89. The lowest BCUT2D eigenvalue weighted by Gasteiger charge is -2.25. The molecule has 0 heterocycles. The van der Waals surface area contributed by atoms with Gasteiger partial charge in [0.05, 0.1) is 18.7 Å². The average Bonchev–Trinajstić information content (AvgIpc) is 2.95. The van der Waals surface area contributed by atoms with Crippen molar-refractivity contribution in [1.82, 2.24) is 5.32 Å². The fraction of sp³-hybridized carbons (Fsp3) is 0.267. The number of carbonyl (C=O) groups excluding carboxylic acids is 3. The topological polar surface area (TPSA) is 128 Å². The SMILES string of the molecule is CCCCN(C(=O)CNC(=O)Nc1cccc(CC(=O)O)c1)c1ccccc1OCC(=O)N(C)c1ccccc1. The average molecular weight is 547 g/mol. The standard InChI is InChI=1S/C30H34N4O6/c1-3-4-17-34(27(35)20-31-30(39)32-23-12-10-11-22(18-23)19-29(37)38)25-15-8-9-16-26(25)40-21-28(36)33(2)24-13-6-5-7-14-24/h5-16,18H,3-4,17,19-21H2,1-2H3,(H,37,38)(H2,31,32,39). The van der Waals surface area contributed by atoms with Crippen LogP contribution in [0.2, 0.25) is 0 Å². The van der Waals surface area contributed by atoms with Crippen LogP contribution in [0.1, 0.15) is 25.3 Å². The van der Waals surface area contributed by atoms with Gasteiger partial charge in [-0.1, -0.05) is 55.8 Å². The predicted molar refractivity (Wildman–Crippen MR) is 154 cm³/mol. The van der Waals surface area contributed by atoms with Gasteiger partial charge in [0.2, 0.25) is 5.91 Å². The van der Waals surface area contributed by atoms with Crippen molar-refractivity contribution in [2.75, 3.05) is 41.9 Å². The van der Waals surface area contributed by atoms with Gasteiger partial charge in [0.25, 0.3) is 5.91 Å². The molecule has 3 N–H and O–H groups in total. The minimum atomic E-state index is -0.976. The third-order valence-electron chi connectivity index (χ3n) is 6.00. The third kappa shape index (κ3) is 8.87. The molecule has 3 rings (SSSR count). The largest absolute Gasteiger partial charge is 0.482 e. The van der Waals surface area contributed by atoms with Gasteiger partial charge in [-0.25, -0.2) is 4.79 Å². The molecule has 10 heteroatoms. The molecule has 3 aromatic rings. The van der Waals surface area contributed by atoms with E-state index < -0.39 is 12.0 Å². The molecule has 0 bridgehead atoms. The summed E-state index contributed by atoms with van der Waals surface area (Å²) in [5.74, 6) is -1.21. The molecule has 0 unspecified atom stereocenters. The molecule has 0 saturated carbocycles. The number of benzene rings is 3. The number of likely N-dealkylation sites (N-methyl/N-ethyl adjacent to an activating group) is 1. The molecule has 4 amide bonds. The fourth-order valence-electron chi connectivity index (χ4n) is 3.89. The van der Waals surface area contributed by atoms with Gasteiger partial charge in [0.1, 0.15) is 5.75 Å². The number of anilines is 3. The van der Waals surface area contributed by atoms with Crippen LogP contribution in [0.4, 0.5) is 21.9 Å². The van der Waals surface area contributed by atoms with E-state index in [-0.39, 0.29) is 31.4 Å². The molecule has 3 aromatic carbocycles. The first-order valence-corrected chi connectivity index (χ1v) is 13.0. The highest BCUT2D eigenvalue weighted by atomic mass is 16.5. The number of carbonyl (C=O) groups is 4. The van der Waals surface area contributed by atoms with E-state index in [4.69, 9.17) is 9.84 Å². The highest BCUT2D eigenvalue weighted by molar-refractivity contribution is 5.99. The molecule has 0 atom stereocenters. The highest BCUT2D eigenvalue weighted by Gasteiger charge is 2.21. The van der Waals surface area contributed by atoms with Gasteiger partial charge in [-0.3, -0.25) is 14.4 Å². The Hall–Kier alpha value is -4.86. The summed E-state index contributed by atoms with van der Waals surface area (Å²) in [6.45, 7) is 1.90. The van der Waals surface area contributed by atoms with Crippen molar-refractivity contribution in [3.8, 4) is 5.75 Å². The summed E-state index contributed by atoms with van der Waals surface area (Å²) in [6, 6.07) is 22.1. The second-order valence-corrected chi connectivity index (χ2v) is 9.02. The quantitative estimate of drug-likeness (QED) is 0.293. The Morgan fingerprint density at radius 3 is 2.35 bits per heavy atom. The normalized spacial score (nSPS) is 10.3. The number of rotatable bonds is 13. The lowest BCUT2D eigenvalue weighted by molar-refractivity contribution is -0.136. The van der Waals surface area contributed by atoms with Gasteiger partial charge < -0.3 is 30.3 Å². The van der Waals surface area contributed by atoms with Crippen LogP contribution in [0.3, 0.4) is 0 Å². The zero-order valence-corrected chi connectivity index (χ0v) is 22.6.